The molecular formula is C24H41N3O2. The Labute approximate surface area is 178 Å². The SMILES string of the molecule is CCCCCCCCCCCCNC(=O)/C(C#N)=C\C=C1\OCC(C)(C)N1CC. The van der Waals surface area contributed by atoms with E-state index in [1.165, 1.54) is 51.4 Å². The Morgan fingerprint density at radius 2 is 1.69 bits per heavy atom. The molecule has 5 heteroatoms. The van der Waals surface area contributed by atoms with Crippen LogP contribution in [0.5, 0.6) is 0 Å². The lowest BCUT2D eigenvalue weighted by molar-refractivity contribution is -0.117. The van der Waals surface area contributed by atoms with E-state index in [4.69, 9.17) is 4.74 Å². The van der Waals surface area contributed by atoms with Crippen molar-refractivity contribution in [3.8, 4) is 6.07 Å². The number of carbonyl (C=O) groups excluding carboxylic acids is 1. The Morgan fingerprint density at radius 1 is 1.10 bits per heavy atom. The van der Waals surface area contributed by atoms with Gasteiger partial charge in [0.05, 0.1) is 5.54 Å². The maximum Gasteiger partial charge on any atom is 0.261 e. The van der Waals surface area contributed by atoms with E-state index in [2.05, 4.69) is 37.9 Å². The smallest absolute Gasteiger partial charge is 0.261 e. The quantitative estimate of drug-likeness (QED) is 0.238. The number of amides is 1. The van der Waals surface area contributed by atoms with E-state index in [0.29, 0.717) is 19.0 Å². The molecular weight excluding hydrogens is 362 g/mol. The highest BCUT2D eigenvalue weighted by atomic mass is 16.5. The van der Waals surface area contributed by atoms with Crippen molar-refractivity contribution in [2.75, 3.05) is 19.7 Å². The van der Waals surface area contributed by atoms with Crippen LogP contribution in [0.15, 0.2) is 23.6 Å². The fourth-order valence-corrected chi connectivity index (χ4v) is 3.65. The van der Waals surface area contributed by atoms with Crippen LogP contribution in [0.4, 0.5) is 0 Å². The lowest BCUT2D eigenvalue weighted by atomic mass is 10.1. The van der Waals surface area contributed by atoms with Gasteiger partial charge in [0.2, 0.25) is 0 Å². The van der Waals surface area contributed by atoms with Crippen LogP contribution in [0, 0.1) is 11.3 Å². The number of ether oxygens (including phenoxy) is 1. The van der Waals surface area contributed by atoms with Gasteiger partial charge in [0.25, 0.3) is 5.91 Å². The van der Waals surface area contributed by atoms with Gasteiger partial charge >= 0.3 is 0 Å². The van der Waals surface area contributed by atoms with Crippen molar-refractivity contribution in [1.29, 1.82) is 5.26 Å². The van der Waals surface area contributed by atoms with Gasteiger partial charge in [-0.25, -0.2) is 0 Å². The predicted molar refractivity (Wildman–Crippen MR) is 119 cm³/mol. The second-order valence-corrected chi connectivity index (χ2v) is 8.48. The minimum absolute atomic E-state index is 0.0704. The number of nitriles is 1. The molecule has 0 unspecified atom stereocenters. The van der Waals surface area contributed by atoms with E-state index in [1.54, 1.807) is 12.2 Å². The van der Waals surface area contributed by atoms with Crippen LogP contribution in [0.1, 0.15) is 91.9 Å². The summed E-state index contributed by atoms with van der Waals surface area (Å²) in [6.07, 6.45) is 15.9. The molecule has 0 saturated carbocycles. The van der Waals surface area contributed by atoms with Crippen molar-refractivity contribution in [1.82, 2.24) is 10.2 Å². The summed E-state index contributed by atoms with van der Waals surface area (Å²) in [6.45, 7) is 10.6. The molecule has 1 saturated heterocycles. The Morgan fingerprint density at radius 3 is 2.24 bits per heavy atom. The predicted octanol–water partition coefficient (Wildman–Crippen LogP) is 5.45. The molecule has 1 fully saturated rings. The summed E-state index contributed by atoms with van der Waals surface area (Å²) in [5.41, 5.74) is 0.0489. The van der Waals surface area contributed by atoms with Crippen molar-refractivity contribution in [2.45, 2.75) is 97.4 Å². The van der Waals surface area contributed by atoms with Crippen molar-refractivity contribution in [2.24, 2.45) is 0 Å². The number of nitrogens with zero attached hydrogens (tertiary/aromatic N) is 2. The van der Waals surface area contributed by atoms with Gasteiger partial charge in [0, 0.05) is 13.1 Å². The Hall–Kier alpha value is -1.96. The average molecular weight is 404 g/mol. The average Bonchev–Trinajstić information content (AvgIpc) is 2.99. The minimum atomic E-state index is -0.305. The standard InChI is InChI=1S/C24H41N3O2/c1-5-7-8-9-10-11-12-13-14-15-18-26-23(28)21(19-25)16-17-22-27(6-2)24(3,4)20-29-22/h16-17H,5-15,18,20H2,1-4H3,(H,26,28)/b21-16-,22-17+. The van der Waals surface area contributed by atoms with Crippen LogP contribution in [0.25, 0.3) is 0 Å². The van der Waals surface area contributed by atoms with Crippen LogP contribution in [0.2, 0.25) is 0 Å². The second-order valence-electron chi connectivity index (χ2n) is 8.48. The van der Waals surface area contributed by atoms with E-state index >= 15 is 0 Å². The normalized spacial score (nSPS) is 17.3. The van der Waals surface area contributed by atoms with Gasteiger partial charge in [-0.2, -0.15) is 5.26 Å². The highest BCUT2D eigenvalue weighted by Gasteiger charge is 2.35. The Balaban J connectivity index is 2.26. The third kappa shape index (κ3) is 9.39. The first-order valence-corrected chi connectivity index (χ1v) is 11.5. The molecule has 0 aromatic rings. The first kappa shape index (κ1) is 25.1. The highest BCUT2D eigenvalue weighted by Crippen LogP contribution is 2.29. The van der Waals surface area contributed by atoms with Gasteiger partial charge in [-0.3, -0.25) is 4.79 Å². The third-order valence-corrected chi connectivity index (χ3v) is 5.46. The molecule has 0 aliphatic carbocycles. The van der Waals surface area contributed by atoms with Crippen molar-refractivity contribution in [3.63, 3.8) is 0 Å². The van der Waals surface area contributed by atoms with Gasteiger partial charge in [0.1, 0.15) is 18.2 Å². The van der Waals surface area contributed by atoms with Crippen LogP contribution < -0.4 is 5.32 Å². The number of hydrogen-bond acceptors (Lipinski definition) is 4. The molecule has 0 atom stereocenters. The summed E-state index contributed by atoms with van der Waals surface area (Å²) in [5, 5.41) is 12.2. The number of nitrogens with one attached hydrogen (secondary N) is 1. The van der Waals surface area contributed by atoms with E-state index in [1.807, 2.05) is 6.07 Å². The molecule has 1 N–H and O–H groups in total. The molecule has 29 heavy (non-hydrogen) atoms. The van der Waals surface area contributed by atoms with Crippen LogP contribution in [0.3, 0.4) is 0 Å². The second kappa shape index (κ2) is 14.1. The molecule has 0 radical (unpaired) electrons. The largest absolute Gasteiger partial charge is 0.477 e. The van der Waals surface area contributed by atoms with Crippen LogP contribution in [-0.2, 0) is 9.53 Å². The number of rotatable bonds is 14. The number of likely N-dealkylation sites (N-methyl/N-ethyl adjacent to an activating group) is 1. The maximum absolute atomic E-state index is 12.2. The molecule has 164 valence electrons. The lowest BCUT2D eigenvalue weighted by Crippen LogP contribution is -2.39. The Bertz CT molecular complexity index is 587. The molecule has 1 heterocycles. The van der Waals surface area contributed by atoms with Crippen molar-refractivity contribution in [3.05, 3.63) is 23.6 Å². The van der Waals surface area contributed by atoms with Crippen molar-refractivity contribution < 1.29 is 9.53 Å². The number of allylic oxidation sites excluding steroid dienone is 2. The molecule has 0 spiro atoms. The summed E-state index contributed by atoms with van der Waals surface area (Å²) in [4.78, 5) is 14.4. The third-order valence-electron chi connectivity index (χ3n) is 5.46. The summed E-state index contributed by atoms with van der Waals surface area (Å²) >= 11 is 0. The molecule has 5 nitrogen and oxygen atoms in total. The minimum Gasteiger partial charge on any atom is -0.477 e. The van der Waals surface area contributed by atoms with Gasteiger partial charge in [-0.05, 0) is 39.3 Å². The van der Waals surface area contributed by atoms with Gasteiger partial charge < -0.3 is 15.0 Å². The highest BCUT2D eigenvalue weighted by molar-refractivity contribution is 5.97. The van der Waals surface area contributed by atoms with Crippen LogP contribution in [-0.4, -0.2) is 36.0 Å². The zero-order chi connectivity index (χ0) is 21.5. The Kier molecular flexibility index (Phi) is 12.2. The molecule has 1 aliphatic rings. The first-order valence-electron chi connectivity index (χ1n) is 11.5. The molecule has 0 aromatic heterocycles. The molecule has 1 rings (SSSR count). The first-order chi connectivity index (χ1) is 14.0. The van der Waals surface area contributed by atoms with E-state index < -0.39 is 0 Å². The van der Waals surface area contributed by atoms with Crippen molar-refractivity contribution >= 4 is 5.91 Å². The summed E-state index contributed by atoms with van der Waals surface area (Å²) < 4.78 is 5.72. The zero-order valence-corrected chi connectivity index (χ0v) is 19.1. The monoisotopic (exact) mass is 403 g/mol. The van der Waals surface area contributed by atoms with E-state index in [-0.39, 0.29) is 17.0 Å². The summed E-state index contributed by atoms with van der Waals surface area (Å²) in [5.74, 6) is 0.410. The molecule has 0 aromatic carbocycles. The molecule has 1 amide bonds. The molecule has 0 bridgehead atoms. The van der Waals surface area contributed by atoms with Gasteiger partial charge in [-0.15, -0.1) is 0 Å². The number of hydrogen-bond donors (Lipinski definition) is 1. The summed E-state index contributed by atoms with van der Waals surface area (Å²) in [6, 6.07) is 2.00. The van der Waals surface area contributed by atoms with E-state index in [9.17, 15) is 10.1 Å². The van der Waals surface area contributed by atoms with Gasteiger partial charge in [-0.1, -0.05) is 64.7 Å². The maximum atomic E-state index is 12.2. The fourth-order valence-electron chi connectivity index (χ4n) is 3.65. The van der Waals surface area contributed by atoms with Crippen LogP contribution >= 0.6 is 0 Å². The number of carbonyl (C=O) groups is 1. The topological polar surface area (TPSA) is 65.4 Å². The summed E-state index contributed by atoms with van der Waals surface area (Å²) in [7, 11) is 0. The molecule has 1 aliphatic heterocycles. The number of unbranched alkanes of at least 4 members (excludes halogenated alkanes) is 9. The zero-order valence-electron chi connectivity index (χ0n) is 19.1. The van der Waals surface area contributed by atoms with Gasteiger partial charge in [0.15, 0.2) is 5.88 Å². The lowest BCUT2D eigenvalue weighted by Gasteiger charge is -2.28. The van der Waals surface area contributed by atoms with E-state index in [0.717, 1.165) is 19.4 Å². The fraction of sp³-hybridized carbons (Fsp3) is 0.750.